The molecular formula is C29H32F2N2O. The number of halogens is 2. The van der Waals surface area contributed by atoms with Crippen molar-refractivity contribution < 1.29 is 13.9 Å². The molecule has 0 atom stereocenters. The second-order valence-corrected chi connectivity index (χ2v) is 12.3. The summed E-state index contributed by atoms with van der Waals surface area (Å²) in [6, 6.07) is 14.1. The van der Waals surface area contributed by atoms with Crippen LogP contribution in [0.4, 0.5) is 20.2 Å². The first-order valence-corrected chi connectivity index (χ1v) is 12.1. The van der Waals surface area contributed by atoms with Crippen LogP contribution in [0.25, 0.3) is 21.9 Å². The van der Waals surface area contributed by atoms with E-state index in [9.17, 15) is 13.9 Å². The maximum Gasteiger partial charge on any atom is 0.413 e. The summed E-state index contributed by atoms with van der Waals surface area (Å²) in [5, 5.41) is 12.7. The Morgan fingerprint density at radius 1 is 0.765 bits per heavy atom. The Hall–Kier alpha value is -2.82. The van der Waals surface area contributed by atoms with Gasteiger partial charge in [0.25, 0.3) is 0 Å². The van der Waals surface area contributed by atoms with E-state index in [1.807, 2.05) is 12.1 Å². The Morgan fingerprint density at radius 3 is 1.94 bits per heavy atom. The van der Waals surface area contributed by atoms with E-state index in [-0.39, 0.29) is 22.0 Å². The van der Waals surface area contributed by atoms with Crippen molar-refractivity contribution in [1.29, 1.82) is 0 Å². The number of phenols is 1. The van der Waals surface area contributed by atoms with Crippen LogP contribution in [0.1, 0.15) is 58.1 Å². The van der Waals surface area contributed by atoms with E-state index in [2.05, 4.69) is 52.0 Å². The molecule has 178 valence electrons. The van der Waals surface area contributed by atoms with Gasteiger partial charge in [-0.3, -0.25) is 9.80 Å². The summed E-state index contributed by atoms with van der Waals surface area (Å²) >= 11 is 0. The van der Waals surface area contributed by atoms with Gasteiger partial charge in [0.2, 0.25) is 0 Å². The van der Waals surface area contributed by atoms with Crippen LogP contribution in [0, 0.1) is 10.8 Å². The number of benzene rings is 3. The molecule has 1 spiro atoms. The summed E-state index contributed by atoms with van der Waals surface area (Å²) in [6.45, 7) is 9.38. The zero-order valence-corrected chi connectivity index (χ0v) is 20.8. The fourth-order valence-corrected chi connectivity index (χ4v) is 7.91. The summed E-state index contributed by atoms with van der Waals surface area (Å²) in [4.78, 5) is 2.01. The number of fused-ring (bicyclic) bond motifs is 8. The Morgan fingerprint density at radius 2 is 1.32 bits per heavy atom. The zero-order chi connectivity index (χ0) is 24.4. The number of anilines is 2. The summed E-state index contributed by atoms with van der Waals surface area (Å²) < 4.78 is 29.7. The van der Waals surface area contributed by atoms with Gasteiger partial charge in [0, 0.05) is 24.9 Å². The van der Waals surface area contributed by atoms with Crippen molar-refractivity contribution in [1.82, 2.24) is 0 Å². The van der Waals surface area contributed by atoms with E-state index < -0.39 is 6.17 Å². The van der Waals surface area contributed by atoms with E-state index in [0.29, 0.717) is 16.8 Å². The lowest BCUT2D eigenvalue weighted by Gasteiger charge is -2.51. The van der Waals surface area contributed by atoms with Crippen molar-refractivity contribution in [3.63, 3.8) is 0 Å². The Labute approximate surface area is 200 Å². The molecule has 0 bridgehead atoms. The first-order valence-electron chi connectivity index (χ1n) is 12.1. The van der Waals surface area contributed by atoms with Gasteiger partial charge >= 0.3 is 6.17 Å². The highest BCUT2D eigenvalue weighted by Gasteiger charge is 2.54. The molecule has 0 saturated heterocycles. The van der Waals surface area contributed by atoms with Crippen LogP contribution in [-0.4, -0.2) is 25.4 Å². The topological polar surface area (TPSA) is 26.7 Å². The predicted molar refractivity (Wildman–Crippen MR) is 135 cm³/mol. The largest absolute Gasteiger partial charge is 0.507 e. The third-order valence-electron chi connectivity index (χ3n) is 8.49. The average molecular weight is 463 g/mol. The molecule has 0 aromatic heterocycles. The number of phenolic OH excluding ortho intramolecular Hbond substituents is 1. The fourth-order valence-electron chi connectivity index (χ4n) is 7.91. The van der Waals surface area contributed by atoms with Gasteiger partial charge in [0.05, 0.1) is 11.4 Å². The normalized spacial score (nSPS) is 22.7. The number of rotatable bonds is 0. The lowest BCUT2D eigenvalue weighted by molar-refractivity contribution is 0.0122. The molecule has 5 heteroatoms. The molecule has 3 aromatic rings. The van der Waals surface area contributed by atoms with Crippen LogP contribution < -0.4 is 9.80 Å². The van der Waals surface area contributed by atoms with Crippen molar-refractivity contribution in [2.75, 3.05) is 23.9 Å². The maximum atomic E-state index is 14.8. The van der Waals surface area contributed by atoms with Crippen molar-refractivity contribution in [3.8, 4) is 16.9 Å². The Bertz CT molecular complexity index is 1360. The quantitative estimate of drug-likeness (QED) is 0.351. The standard InChI is InChI=1S/C29H32F2N2O/c1-26(2)14-27(3,4)16-28(15-26)20-10-8-7-9-17(20)25-19-12-23-22(32(5)29(30,31)33(23)6)11-18(19)24(34)13-21(25)28/h7-13,34H,14-16H2,1-6H3. The third-order valence-corrected chi connectivity index (χ3v) is 8.49. The zero-order valence-electron chi connectivity index (χ0n) is 20.8. The van der Waals surface area contributed by atoms with Crippen LogP contribution in [0.3, 0.4) is 0 Å². The smallest absolute Gasteiger partial charge is 0.413 e. The molecule has 34 heavy (non-hydrogen) atoms. The maximum absolute atomic E-state index is 14.8. The molecule has 1 aliphatic heterocycles. The molecule has 2 aliphatic carbocycles. The minimum Gasteiger partial charge on any atom is -0.507 e. The first-order chi connectivity index (χ1) is 15.8. The summed E-state index contributed by atoms with van der Waals surface area (Å²) in [7, 11) is 2.83. The predicted octanol–water partition coefficient (Wildman–Crippen LogP) is 7.48. The van der Waals surface area contributed by atoms with Gasteiger partial charge in [-0.15, -0.1) is 0 Å². The molecule has 3 aliphatic rings. The van der Waals surface area contributed by atoms with Crippen molar-refractivity contribution in [2.45, 2.75) is 58.5 Å². The van der Waals surface area contributed by atoms with Crippen LogP contribution in [-0.2, 0) is 5.41 Å². The number of nitrogens with zero attached hydrogens (tertiary/aromatic N) is 2. The first kappa shape index (κ1) is 21.7. The van der Waals surface area contributed by atoms with Gasteiger partial charge in [-0.05, 0) is 75.9 Å². The Balaban J connectivity index is 1.71. The van der Waals surface area contributed by atoms with E-state index in [0.717, 1.165) is 51.1 Å². The molecule has 0 unspecified atom stereocenters. The van der Waals surface area contributed by atoms with E-state index in [4.69, 9.17) is 0 Å². The van der Waals surface area contributed by atoms with Crippen molar-refractivity contribution in [2.24, 2.45) is 10.8 Å². The van der Waals surface area contributed by atoms with Gasteiger partial charge < -0.3 is 5.11 Å². The molecule has 1 heterocycles. The second kappa shape index (κ2) is 6.24. The lowest BCUT2D eigenvalue weighted by Crippen LogP contribution is -2.46. The van der Waals surface area contributed by atoms with Gasteiger partial charge in [-0.25, -0.2) is 0 Å². The summed E-state index contributed by atoms with van der Waals surface area (Å²) in [6.07, 6.45) is 0.00165. The van der Waals surface area contributed by atoms with E-state index >= 15 is 0 Å². The molecule has 0 amide bonds. The third kappa shape index (κ3) is 2.61. The van der Waals surface area contributed by atoms with Gasteiger partial charge in [-0.1, -0.05) is 52.0 Å². The highest BCUT2D eigenvalue weighted by atomic mass is 19.3. The molecule has 3 aromatic carbocycles. The molecule has 1 saturated carbocycles. The average Bonchev–Trinajstić information content (AvgIpc) is 3.07. The monoisotopic (exact) mass is 462 g/mol. The van der Waals surface area contributed by atoms with Crippen LogP contribution in [0.5, 0.6) is 5.75 Å². The van der Waals surface area contributed by atoms with Gasteiger partial charge in [0.1, 0.15) is 5.75 Å². The minimum atomic E-state index is -3.12. The van der Waals surface area contributed by atoms with Crippen LogP contribution in [0.2, 0.25) is 0 Å². The lowest BCUT2D eigenvalue weighted by atomic mass is 9.52. The van der Waals surface area contributed by atoms with Gasteiger partial charge in [0.15, 0.2) is 0 Å². The number of hydrogen-bond acceptors (Lipinski definition) is 3. The van der Waals surface area contributed by atoms with Crippen molar-refractivity contribution in [3.05, 3.63) is 53.6 Å². The molecule has 1 fully saturated rings. The summed E-state index contributed by atoms with van der Waals surface area (Å²) in [5.74, 6) is 0.163. The van der Waals surface area contributed by atoms with E-state index in [1.54, 1.807) is 6.07 Å². The second-order valence-electron chi connectivity index (χ2n) is 12.3. The SMILES string of the molecule is CN1c2cc3c(O)cc4c(c3cc2N(C)C1(F)F)-c1ccccc1C41CC(C)(C)CC(C)(C)C1. The minimum absolute atomic E-state index is 0.129. The molecule has 1 N–H and O–H groups in total. The Kier molecular flexibility index (Phi) is 3.98. The molecular weight excluding hydrogens is 430 g/mol. The van der Waals surface area contributed by atoms with Crippen molar-refractivity contribution >= 4 is 22.1 Å². The summed E-state index contributed by atoms with van der Waals surface area (Å²) in [5.41, 5.74) is 5.64. The van der Waals surface area contributed by atoms with E-state index in [1.165, 1.54) is 19.7 Å². The number of hydrogen-bond donors (Lipinski definition) is 1. The fraction of sp³-hybridized carbons (Fsp3) is 0.448. The molecule has 0 radical (unpaired) electrons. The van der Waals surface area contributed by atoms with Gasteiger partial charge in [-0.2, -0.15) is 8.78 Å². The van der Waals surface area contributed by atoms with Crippen LogP contribution in [0.15, 0.2) is 42.5 Å². The number of alkyl halides is 2. The molecule has 3 nitrogen and oxygen atoms in total. The highest BCUT2D eigenvalue weighted by Crippen LogP contribution is 2.65. The number of aromatic hydroxyl groups is 1. The van der Waals surface area contributed by atoms with Crippen LogP contribution >= 0.6 is 0 Å². The highest BCUT2D eigenvalue weighted by molar-refractivity contribution is 6.09. The molecule has 6 rings (SSSR count).